The van der Waals surface area contributed by atoms with Crippen molar-refractivity contribution < 1.29 is 0 Å². The molecule has 2 aliphatic rings. The second-order valence-electron chi connectivity index (χ2n) is 6.84. The maximum absolute atomic E-state index is 12.3. The van der Waals surface area contributed by atoms with Crippen molar-refractivity contribution in [3.05, 3.63) is 54.6 Å². The third-order valence-electron chi connectivity index (χ3n) is 5.22. The summed E-state index contributed by atoms with van der Waals surface area (Å²) in [5.74, 6) is 0.518. The Hall–Kier alpha value is -2.64. The molecule has 1 fully saturated rings. The Balaban J connectivity index is 1.64. The van der Waals surface area contributed by atoms with Crippen LogP contribution in [0.15, 0.2) is 26.5 Å². The molecule has 8 heteroatoms. The molecule has 2 aromatic heterocycles. The normalized spacial score (nSPS) is 19.4. The monoisotopic (exact) mass is 343 g/mol. The molecule has 0 saturated carbocycles. The van der Waals surface area contributed by atoms with Gasteiger partial charge in [0.05, 0.1) is 18.3 Å². The number of nitrogens with one attached hydrogen (secondary N) is 1. The Bertz CT molecular complexity index is 956. The molecule has 0 bridgehead atoms. The van der Waals surface area contributed by atoms with Crippen molar-refractivity contribution in [2.75, 3.05) is 11.4 Å². The minimum atomic E-state index is -0.430. The summed E-state index contributed by atoms with van der Waals surface area (Å²) in [5, 5.41) is 4.53. The lowest BCUT2D eigenvalue weighted by Crippen LogP contribution is -2.41. The zero-order chi connectivity index (χ0) is 17.6. The fourth-order valence-electron chi connectivity index (χ4n) is 3.81. The van der Waals surface area contributed by atoms with Crippen LogP contribution in [0.4, 0.5) is 5.82 Å². The highest BCUT2D eigenvalue weighted by molar-refractivity contribution is 5.39. The number of hydrogen-bond donors (Lipinski definition) is 1. The number of fused-ring (bicyclic) bond motifs is 1. The summed E-state index contributed by atoms with van der Waals surface area (Å²) in [6.07, 6.45) is 4.74. The van der Waals surface area contributed by atoms with Gasteiger partial charge in [0, 0.05) is 25.7 Å². The largest absolute Gasteiger partial charge is 0.353 e. The third-order valence-corrected chi connectivity index (χ3v) is 5.22. The SMILES string of the molecule is Cn1c(=O)cc(N2CCCC2Cn2nc3c(cc2=O)CCC3)[nH]c1=O. The molecule has 1 saturated heterocycles. The summed E-state index contributed by atoms with van der Waals surface area (Å²) >= 11 is 0. The first-order valence-corrected chi connectivity index (χ1v) is 8.70. The van der Waals surface area contributed by atoms with Gasteiger partial charge in [0.2, 0.25) is 0 Å². The average molecular weight is 343 g/mol. The van der Waals surface area contributed by atoms with Gasteiger partial charge in [-0.15, -0.1) is 0 Å². The lowest BCUT2D eigenvalue weighted by molar-refractivity contribution is 0.481. The summed E-state index contributed by atoms with van der Waals surface area (Å²) in [7, 11) is 1.44. The predicted octanol–water partition coefficient (Wildman–Crippen LogP) is -0.212. The molecule has 1 atom stereocenters. The molecule has 2 aromatic rings. The van der Waals surface area contributed by atoms with Crippen LogP contribution in [0.25, 0.3) is 0 Å². The molecule has 25 heavy (non-hydrogen) atoms. The van der Waals surface area contributed by atoms with Crippen LogP contribution in [0.2, 0.25) is 0 Å². The lowest BCUT2D eigenvalue weighted by Gasteiger charge is -2.26. The van der Waals surface area contributed by atoms with Crippen molar-refractivity contribution in [2.45, 2.75) is 44.7 Å². The molecule has 1 aliphatic carbocycles. The molecule has 1 unspecified atom stereocenters. The number of nitrogens with zero attached hydrogens (tertiary/aromatic N) is 4. The summed E-state index contributed by atoms with van der Waals surface area (Å²) in [6.45, 7) is 1.21. The zero-order valence-corrected chi connectivity index (χ0v) is 14.2. The van der Waals surface area contributed by atoms with E-state index in [2.05, 4.69) is 10.1 Å². The molecule has 0 radical (unpaired) electrons. The molecule has 1 N–H and O–H groups in total. The van der Waals surface area contributed by atoms with Crippen LogP contribution in [-0.4, -0.2) is 31.9 Å². The molecule has 1 aliphatic heterocycles. The van der Waals surface area contributed by atoms with Crippen LogP contribution >= 0.6 is 0 Å². The second-order valence-corrected chi connectivity index (χ2v) is 6.84. The highest BCUT2D eigenvalue weighted by Gasteiger charge is 2.27. The van der Waals surface area contributed by atoms with E-state index in [4.69, 9.17) is 0 Å². The van der Waals surface area contributed by atoms with E-state index in [1.807, 2.05) is 4.90 Å². The standard InChI is InChI=1S/C17H21N5O3/c1-20-15(23)9-14(18-17(20)25)21-7-3-5-12(21)10-22-16(24)8-11-4-2-6-13(11)19-22/h8-9,12H,2-7,10H2,1H3,(H,18,25). The number of aryl methyl sites for hydroxylation is 2. The van der Waals surface area contributed by atoms with Gasteiger partial charge >= 0.3 is 5.69 Å². The maximum atomic E-state index is 12.3. The summed E-state index contributed by atoms with van der Waals surface area (Å²) in [4.78, 5) is 40.9. The van der Waals surface area contributed by atoms with E-state index in [0.29, 0.717) is 12.4 Å². The molecule has 0 aromatic carbocycles. The fourth-order valence-corrected chi connectivity index (χ4v) is 3.81. The average Bonchev–Trinajstić information content (AvgIpc) is 3.21. The smallest absolute Gasteiger partial charge is 0.329 e. The van der Waals surface area contributed by atoms with E-state index in [0.717, 1.165) is 54.5 Å². The molecule has 132 valence electrons. The van der Waals surface area contributed by atoms with E-state index in [1.165, 1.54) is 17.8 Å². The van der Waals surface area contributed by atoms with Gasteiger partial charge in [-0.2, -0.15) is 5.10 Å². The highest BCUT2D eigenvalue weighted by atomic mass is 16.2. The van der Waals surface area contributed by atoms with E-state index < -0.39 is 5.69 Å². The van der Waals surface area contributed by atoms with Crippen LogP contribution in [0.5, 0.6) is 0 Å². The third kappa shape index (κ3) is 2.81. The fraction of sp³-hybridized carbons (Fsp3) is 0.529. The summed E-state index contributed by atoms with van der Waals surface area (Å²) in [6, 6.07) is 3.18. The van der Waals surface area contributed by atoms with Gasteiger partial charge in [-0.25, -0.2) is 9.48 Å². The predicted molar refractivity (Wildman–Crippen MR) is 93.2 cm³/mol. The van der Waals surface area contributed by atoms with Crippen molar-refractivity contribution in [3.63, 3.8) is 0 Å². The highest BCUT2D eigenvalue weighted by Crippen LogP contribution is 2.23. The van der Waals surface area contributed by atoms with Gasteiger partial charge in [0.15, 0.2) is 0 Å². The topological polar surface area (TPSA) is 93.0 Å². The minimum absolute atomic E-state index is 0.0346. The number of aromatic amines is 1. The van der Waals surface area contributed by atoms with Gasteiger partial charge in [-0.3, -0.25) is 19.1 Å². The number of anilines is 1. The first-order chi connectivity index (χ1) is 12.0. The minimum Gasteiger partial charge on any atom is -0.353 e. The quantitative estimate of drug-likeness (QED) is 0.832. The van der Waals surface area contributed by atoms with E-state index >= 15 is 0 Å². The first kappa shape index (κ1) is 15.9. The molecular weight excluding hydrogens is 322 g/mol. The van der Waals surface area contributed by atoms with Crippen molar-refractivity contribution in [3.8, 4) is 0 Å². The molecule has 8 nitrogen and oxygen atoms in total. The van der Waals surface area contributed by atoms with Crippen LogP contribution in [0.1, 0.15) is 30.5 Å². The van der Waals surface area contributed by atoms with Crippen LogP contribution in [-0.2, 0) is 26.4 Å². The van der Waals surface area contributed by atoms with Crippen LogP contribution in [0.3, 0.4) is 0 Å². The van der Waals surface area contributed by atoms with E-state index in [1.54, 1.807) is 6.07 Å². The van der Waals surface area contributed by atoms with Crippen molar-refractivity contribution >= 4 is 5.82 Å². The zero-order valence-electron chi connectivity index (χ0n) is 14.2. The summed E-state index contributed by atoms with van der Waals surface area (Å²) in [5.41, 5.74) is 1.25. The van der Waals surface area contributed by atoms with Crippen LogP contribution in [0, 0.1) is 0 Å². The molecule has 3 heterocycles. The number of aromatic nitrogens is 4. The van der Waals surface area contributed by atoms with E-state index in [9.17, 15) is 14.4 Å². The second kappa shape index (κ2) is 6.02. The van der Waals surface area contributed by atoms with Gasteiger partial charge in [0.1, 0.15) is 5.82 Å². The van der Waals surface area contributed by atoms with Gasteiger partial charge in [0.25, 0.3) is 11.1 Å². The van der Waals surface area contributed by atoms with Gasteiger partial charge in [-0.05, 0) is 37.7 Å². The molecule has 0 spiro atoms. The Labute approximate surface area is 143 Å². The number of hydrogen-bond acceptors (Lipinski definition) is 5. The Morgan fingerprint density at radius 3 is 2.80 bits per heavy atom. The lowest BCUT2D eigenvalue weighted by atomic mass is 10.2. The molecule has 4 rings (SSSR count). The first-order valence-electron chi connectivity index (χ1n) is 8.70. The number of H-pyrrole nitrogens is 1. The van der Waals surface area contributed by atoms with Gasteiger partial charge < -0.3 is 4.90 Å². The summed E-state index contributed by atoms with van der Waals surface area (Å²) < 4.78 is 2.58. The van der Waals surface area contributed by atoms with Crippen molar-refractivity contribution in [2.24, 2.45) is 7.05 Å². The number of rotatable bonds is 3. The van der Waals surface area contributed by atoms with Crippen LogP contribution < -0.4 is 21.7 Å². The molecular formula is C17H21N5O3. The Morgan fingerprint density at radius 1 is 1.16 bits per heavy atom. The Kier molecular flexibility index (Phi) is 3.82. The van der Waals surface area contributed by atoms with E-state index in [-0.39, 0.29) is 17.2 Å². The van der Waals surface area contributed by atoms with Crippen molar-refractivity contribution in [1.82, 2.24) is 19.3 Å². The molecule has 0 amide bonds. The van der Waals surface area contributed by atoms with Crippen molar-refractivity contribution in [1.29, 1.82) is 0 Å². The maximum Gasteiger partial charge on any atom is 0.329 e. The van der Waals surface area contributed by atoms with Gasteiger partial charge in [-0.1, -0.05) is 0 Å². The Morgan fingerprint density at radius 2 is 2.00 bits per heavy atom.